The Morgan fingerprint density at radius 3 is 1.91 bits per heavy atom. The molecule has 1 aromatic carbocycles. The maximum absolute atomic E-state index is 13.3. The van der Waals surface area contributed by atoms with Crippen LogP contribution < -0.4 is 11.1 Å². The Hall–Kier alpha value is -4.75. The number of nitrogens with one attached hydrogen (secondary N) is 1. The molecular formula is C58H86N2O18. The highest BCUT2D eigenvalue weighted by Gasteiger charge is 2.50. The summed E-state index contributed by atoms with van der Waals surface area (Å²) in [6.07, 6.45) is 7.04. The molecule has 20 nitrogen and oxygen atoms in total. The number of allylic oxidation sites excluding steroid dienone is 12. The van der Waals surface area contributed by atoms with Gasteiger partial charge in [0.25, 0.3) is 0 Å². The highest BCUT2D eigenvalue weighted by molar-refractivity contribution is 5.96. The van der Waals surface area contributed by atoms with Crippen LogP contribution in [0.3, 0.4) is 0 Å². The number of anilines is 1. The Morgan fingerprint density at radius 1 is 0.756 bits per heavy atom. The number of carboxylic acids is 1. The van der Waals surface area contributed by atoms with Crippen molar-refractivity contribution in [3.63, 3.8) is 0 Å². The number of hydrogen-bond donors (Lipinski definition) is 13. The zero-order valence-electron chi connectivity index (χ0n) is 45.0. The Bertz CT molecular complexity index is 2180. The number of Topliss-reactive ketones (excluding diaryl/α,β-unsaturated/α-hetero) is 1. The number of aliphatic hydroxyl groups is 10. The monoisotopic (exact) mass is 1100 g/mol. The minimum Gasteiger partial charge on any atom is -0.481 e. The Morgan fingerprint density at radius 2 is 1.32 bits per heavy atom. The number of ketones is 1. The average molecular weight is 1100 g/mol. The molecule has 3 aliphatic rings. The van der Waals surface area contributed by atoms with E-state index in [1.165, 1.54) is 6.08 Å². The molecule has 4 rings (SSSR count). The van der Waals surface area contributed by atoms with Gasteiger partial charge in [0.2, 0.25) is 0 Å². The lowest BCUT2D eigenvalue weighted by molar-refractivity contribution is -0.305. The van der Waals surface area contributed by atoms with Crippen molar-refractivity contribution in [2.24, 2.45) is 23.5 Å². The molecule has 3 aliphatic heterocycles. The summed E-state index contributed by atoms with van der Waals surface area (Å²) in [5, 5.41) is 122. The maximum atomic E-state index is 13.3. The molecule has 14 unspecified atom stereocenters. The molecule has 0 saturated carbocycles. The number of carboxylic acid groups (broad SMARTS) is 1. The standard InChI is InChI=1S/C58H86N2O18/c1-36-17-14-12-10-8-6-4-5-7-9-11-13-15-20-46(76-57-54(71)53(59)49(69)35-75-57)32-50-52(56(72)73)48(68)34-58(74,78-50)33-45(66)29-43(64)27-40(61)18-16-19-41(62)28-44(65)31-51(70)77-55(36)37(2)21-26-42(63)30-47(67)38-22-24-39(60-3)25-23-38/h4-15,17,20,22-25,36-37,40-46,48-50,52-55,57,60-66,68-69,71,74H,16,18-19,21,26-35,59H2,1-3H3,(H,72,73)/b5-4-,8-6-,9-7+,12-10+,13-11+,17-14+,20-15+/t36?,37?,40?,41?,42?,43?,44?,45?,46?,48?,49-,50+,52?,53+,54+,55?,57?,58?/m1/s1. The van der Waals surface area contributed by atoms with Crippen molar-refractivity contribution in [3.8, 4) is 0 Å². The molecule has 0 spiro atoms. The zero-order valence-corrected chi connectivity index (χ0v) is 45.0. The number of carbonyl (C=O) groups is 3. The summed E-state index contributed by atoms with van der Waals surface area (Å²) in [5.74, 6) is -6.75. The zero-order chi connectivity index (χ0) is 57.4. The fourth-order valence-electron chi connectivity index (χ4n) is 9.85. The topological polar surface area (TPSA) is 349 Å². The van der Waals surface area contributed by atoms with Crippen molar-refractivity contribution >= 4 is 23.4 Å². The highest BCUT2D eigenvalue weighted by atomic mass is 16.7. The molecule has 2 fully saturated rings. The molecule has 1 aromatic rings. The number of nitrogens with two attached hydrogens (primary N) is 1. The maximum Gasteiger partial charge on any atom is 0.311 e. The van der Waals surface area contributed by atoms with Crippen LogP contribution in [-0.2, 0) is 28.5 Å². The molecule has 436 valence electrons. The van der Waals surface area contributed by atoms with E-state index in [1.807, 2.05) is 26.0 Å². The third-order valence-electron chi connectivity index (χ3n) is 14.2. The third kappa shape index (κ3) is 23.1. The molecule has 14 N–H and O–H groups in total. The van der Waals surface area contributed by atoms with Crippen LogP contribution in [0.15, 0.2) is 109 Å². The van der Waals surface area contributed by atoms with E-state index in [2.05, 4.69) is 5.32 Å². The van der Waals surface area contributed by atoms with Crippen molar-refractivity contribution in [1.29, 1.82) is 0 Å². The third-order valence-corrected chi connectivity index (χ3v) is 14.2. The van der Waals surface area contributed by atoms with Crippen molar-refractivity contribution in [3.05, 3.63) is 115 Å². The lowest BCUT2D eigenvalue weighted by atomic mass is 9.82. The fraction of sp³-hybridized carbons (Fsp3) is 0.603. The number of aliphatic carboxylic acids is 1. The SMILES string of the molecule is CNc1ccc(C(=O)CC(O)CCC(C)C2OC(=O)CC(O)CC(O)CCCC(O)CC(O)CC(O)CC3(O)CC(O)C(C(=O)O)[C@H](CC(OC4OC[C@@H](O)[C@H](N)[C@@H]4O)/C=C/C=C/C=C/C=C\C=C/C=C/C=C/C2C)O3)cc1. The largest absolute Gasteiger partial charge is 0.481 e. The van der Waals surface area contributed by atoms with Gasteiger partial charge < -0.3 is 86.2 Å². The number of carbonyl (C=O) groups excluding carboxylic acids is 2. The fourth-order valence-corrected chi connectivity index (χ4v) is 9.85. The molecule has 0 aliphatic carbocycles. The van der Waals surface area contributed by atoms with Crippen molar-refractivity contribution < 1.29 is 89.5 Å². The van der Waals surface area contributed by atoms with E-state index in [-0.39, 0.29) is 82.0 Å². The molecule has 18 atom stereocenters. The van der Waals surface area contributed by atoms with Crippen LogP contribution in [0, 0.1) is 17.8 Å². The van der Waals surface area contributed by atoms with Crippen molar-refractivity contribution in [1.82, 2.24) is 0 Å². The number of fused-ring (bicyclic) bond motifs is 2. The lowest BCUT2D eigenvalue weighted by Crippen LogP contribution is -2.59. The molecule has 3 heterocycles. The van der Waals surface area contributed by atoms with E-state index < -0.39 is 128 Å². The van der Waals surface area contributed by atoms with Gasteiger partial charge in [0.1, 0.15) is 18.1 Å². The van der Waals surface area contributed by atoms with Crippen LogP contribution in [0.4, 0.5) is 5.69 Å². The van der Waals surface area contributed by atoms with Gasteiger partial charge in [-0.05, 0) is 81.5 Å². The van der Waals surface area contributed by atoms with Gasteiger partial charge in [-0.3, -0.25) is 14.4 Å². The van der Waals surface area contributed by atoms with Gasteiger partial charge in [-0.1, -0.05) is 98.9 Å². The predicted molar refractivity (Wildman–Crippen MR) is 290 cm³/mol. The Balaban J connectivity index is 1.51. The van der Waals surface area contributed by atoms with Gasteiger partial charge in [0.05, 0.1) is 80.1 Å². The predicted octanol–water partition coefficient (Wildman–Crippen LogP) is 3.18. The normalized spacial score (nSPS) is 37.7. The van der Waals surface area contributed by atoms with E-state index in [0.29, 0.717) is 12.0 Å². The van der Waals surface area contributed by atoms with Gasteiger partial charge in [-0.2, -0.15) is 0 Å². The van der Waals surface area contributed by atoms with Crippen LogP contribution in [0.2, 0.25) is 0 Å². The lowest BCUT2D eigenvalue weighted by Gasteiger charge is -2.45. The number of aliphatic hydroxyl groups excluding tert-OH is 9. The van der Waals surface area contributed by atoms with Crippen LogP contribution in [-0.4, -0.2) is 179 Å². The van der Waals surface area contributed by atoms with Gasteiger partial charge in [-0.15, -0.1) is 0 Å². The summed E-state index contributed by atoms with van der Waals surface area (Å²) in [4.78, 5) is 38.7. The van der Waals surface area contributed by atoms with Crippen LogP contribution in [0.25, 0.3) is 0 Å². The average Bonchev–Trinajstić information content (AvgIpc) is 3.37. The summed E-state index contributed by atoms with van der Waals surface area (Å²) in [6, 6.07) is 5.84. The molecule has 2 saturated heterocycles. The van der Waals surface area contributed by atoms with Gasteiger partial charge in [-0.25, -0.2) is 0 Å². The number of rotatable bonds is 11. The van der Waals surface area contributed by atoms with E-state index in [1.54, 1.807) is 98.1 Å². The van der Waals surface area contributed by atoms with Crippen LogP contribution >= 0.6 is 0 Å². The molecule has 2 bridgehead atoms. The van der Waals surface area contributed by atoms with Crippen molar-refractivity contribution in [2.45, 2.75) is 189 Å². The van der Waals surface area contributed by atoms with Crippen LogP contribution in [0.1, 0.15) is 108 Å². The molecule has 20 heteroatoms. The quantitative estimate of drug-likeness (QED) is 0.112. The first kappa shape index (κ1) is 65.8. The van der Waals surface area contributed by atoms with Crippen molar-refractivity contribution in [2.75, 3.05) is 19.0 Å². The minimum atomic E-state index is -2.28. The second-order valence-electron chi connectivity index (χ2n) is 21.0. The first-order valence-electron chi connectivity index (χ1n) is 27.0. The molecule has 0 amide bonds. The molecule has 78 heavy (non-hydrogen) atoms. The first-order valence-corrected chi connectivity index (χ1v) is 27.0. The van der Waals surface area contributed by atoms with E-state index in [4.69, 9.17) is 24.7 Å². The highest BCUT2D eigenvalue weighted by Crippen LogP contribution is 2.38. The second-order valence-corrected chi connectivity index (χ2v) is 21.0. The molecular weight excluding hydrogens is 1010 g/mol. The summed E-state index contributed by atoms with van der Waals surface area (Å²) in [5.41, 5.74) is 7.30. The molecule has 0 aromatic heterocycles. The molecule has 0 radical (unpaired) electrons. The summed E-state index contributed by atoms with van der Waals surface area (Å²) in [6.45, 7) is 3.51. The number of esters is 1. The second kappa shape index (κ2) is 33.7. The summed E-state index contributed by atoms with van der Waals surface area (Å²) < 4.78 is 23.5. The number of hydrogen-bond acceptors (Lipinski definition) is 19. The minimum absolute atomic E-state index is 0.0778. The summed E-state index contributed by atoms with van der Waals surface area (Å²) in [7, 11) is 1.78. The van der Waals surface area contributed by atoms with Gasteiger partial charge >= 0.3 is 11.9 Å². The van der Waals surface area contributed by atoms with Crippen LogP contribution in [0.5, 0.6) is 0 Å². The Kier molecular flexibility index (Phi) is 28.5. The Labute approximate surface area is 457 Å². The van der Waals surface area contributed by atoms with E-state index in [9.17, 15) is 70.6 Å². The number of ether oxygens (including phenoxy) is 4. The van der Waals surface area contributed by atoms with E-state index >= 15 is 0 Å². The van der Waals surface area contributed by atoms with E-state index in [0.717, 1.165) is 5.69 Å². The van der Waals surface area contributed by atoms with Gasteiger partial charge in [0.15, 0.2) is 17.9 Å². The van der Waals surface area contributed by atoms with Gasteiger partial charge in [0, 0.05) is 49.9 Å². The first-order chi connectivity index (χ1) is 37.1. The summed E-state index contributed by atoms with van der Waals surface area (Å²) >= 11 is 0. The number of benzene rings is 1. The number of cyclic esters (lactones) is 1. The smallest absolute Gasteiger partial charge is 0.311 e.